The van der Waals surface area contributed by atoms with Crippen molar-refractivity contribution in [2.24, 2.45) is 0 Å². The van der Waals surface area contributed by atoms with Crippen LogP contribution in [0.4, 0.5) is 5.69 Å². The highest BCUT2D eigenvalue weighted by Gasteiger charge is 2.05. The molecule has 0 aliphatic rings. The maximum atomic E-state index is 6.00. The van der Waals surface area contributed by atoms with Gasteiger partial charge in [0, 0.05) is 13.1 Å². The molecule has 0 amide bonds. The van der Waals surface area contributed by atoms with Gasteiger partial charge in [0.05, 0.1) is 20.8 Å². The van der Waals surface area contributed by atoms with Crippen LogP contribution < -0.4 is 5.32 Å². The van der Waals surface area contributed by atoms with Gasteiger partial charge in [0.2, 0.25) is 0 Å². The van der Waals surface area contributed by atoms with Crippen molar-refractivity contribution in [1.29, 1.82) is 0 Å². The molecule has 0 saturated carbocycles. The lowest BCUT2D eigenvalue weighted by molar-refractivity contribution is 0.425. The highest BCUT2D eigenvalue weighted by molar-refractivity contribution is 6.44. The Labute approximate surface area is 105 Å². The molecule has 0 aliphatic carbocycles. The highest BCUT2D eigenvalue weighted by atomic mass is 35.5. The van der Waals surface area contributed by atoms with Crippen molar-refractivity contribution in [2.75, 3.05) is 32.5 Å². The molecule has 1 aromatic rings. The Balaban J connectivity index is 2.65. The molecule has 0 fully saturated rings. The fourth-order valence-corrected chi connectivity index (χ4v) is 1.69. The van der Waals surface area contributed by atoms with Crippen LogP contribution in [0, 0.1) is 0 Å². The molecule has 5 heteroatoms. The second-order valence-corrected chi connectivity index (χ2v) is 4.70. The van der Waals surface area contributed by atoms with Crippen molar-refractivity contribution >= 4 is 40.5 Å². The third-order valence-electron chi connectivity index (χ3n) is 1.88. The summed E-state index contributed by atoms with van der Waals surface area (Å²) in [5, 5.41) is 4.76. The number of halogens is 3. The van der Waals surface area contributed by atoms with Gasteiger partial charge in [0.15, 0.2) is 0 Å². The Bertz CT molecular complexity index is 340. The summed E-state index contributed by atoms with van der Waals surface area (Å²) in [4.78, 5) is 2.08. The molecular weight excluding hydrogens is 254 g/mol. The summed E-state index contributed by atoms with van der Waals surface area (Å²) < 4.78 is 0. The highest BCUT2D eigenvalue weighted by Crippen LogP contribution is 2.31. The summed E-state index contributed by atoms with van der Waals surface area (Å²) >= 11 is 17.7. The number of benzene rings is 1. The lowest BCUT2D eigenvalue weighted by Crippen LogP contribution is -2.20. The third kappa shape index (κ3) is 4.07. The summed E-state index contributed by atoms with van der Waals surface area (Å²) in [6.07, 6.45) is 0. The van der Waals surface area contributed by atoms with Crippen molar-refractivity contribution in [3.63, 3.8) is 0 Å². The second kappa shape index (κ2) is 5.80. The maximum Gasteiger partial charge on any atom is 0.0653 e. The number of hydrogen-bond acceptors (Lipinski definition) is 2. The number of likely N-dealkylation sites (N-methyl/N-ethyl adjacent to an activating group) is 1. The predicted octanol–water partition coefficient (Wildman–Crippen LogP) is 3.62. The van der Waals surface area contributed by atoms with Gasteiger partial charge in [-0.05, 0) is 26.2 Å². The van der Waals surface area contributed by atoms with E-state index >= 15 is 0 Å². The van der Waals surface area contributed by atoms with Gasteiger partial charge in [0.25, 0.3) is 0 Å². The summed E-state index contributed by atoms with van der Waals surface area (Å²) in [7, 11) is 4.02. The minimum absolute atomic E-state index is 0.472. The van der Waals surface area contributed by atoms with Gasteiger partial charge in [-0.15, -0.1) is 0 Å². The van der Waals surface area contributed by atoms with E-state index in [1.54, 1.807) is 12.1 Å². The van der Waals surface area contributed by atoms with Crippen molar-refractivity contribution in [3.05, 3.63) is 27.2 Å². The Morgan fingerprint density at radius 2 is 1.67 bits per heavy atom. The molecule has 0 atom stereocenters. The first-order chi connectivity index (χ1) is 7.00. The lowest BCUT2D eigenvalue weighted by atomic mass is 10.3. The van der Waals surface area contributed by atoms with Crippen LogP contribution in [-0.4, -0.2) is 32.1 Å². The SMILES string of the molecule is CN(C)CCNc1cc(Cl)c(Cl)cc1Cl. The zero-order chi connectivity index (χ0) is 11.4. The zero-order valence-electron chi connectivity index (χ0n) is 8.65. The topological polar surface area (TPSA) is 15.3 Å². The van der Waals surface area contributed by atoms with Gasteiger partial charge in [-0.2, -0.15) is 0 Å². The van der Waals surface area contributed by atoms with Gasteiger partial charge in [-0.3, -0.25) is 0 Å². The lowest BCUT2D eigenvalue weighted by Gasteiger charge is -2.13. The fraction of sp³-hybridized carbons (Fsp3) is 0.400. The van der Waals surface area contributed by atoms with Crippen molar-refractivity contribution in [2.45, 2.75) is 0 Å². The number of nitrogens with zero attached hydrogens (tertiary/aromatic N) is 1. The van der Waals surface area contributed by atoms with Crippen LogP contribution in [0.5, 0.6) is 0 Å². The molecule has 0 aromatic heterocycles. The van der Waals surface area contributed by atoms with E-state index in [1.165, 1.54) is 0 Å². The largest absolute Gasteiger partial charge is 0.383 e. The van der Waals surface area contributed by atoms with Gasteiger partial charge < -0.3 is 10.2 Å². The summed E-state index contributed by atoms with van der Waals surface area (Å²) in [6, 6.07) is 3.38. The molecule has 1 rings (SSSR count). The van der Waals surface area contributed by atoms with Crippen LogP contribution in [-0.2, 0) is 0 Å². The molecule has 0 heterocycles. The molecule has 84 valence electrons. The zero-order valence-corrected chi connectivity index (χ0v) is 10.9. The number of nitrogens with one attached hydrogen (secondary N) is 1. The average Bonchev–Trinajstić information content (AvgIpc) is 2.13. The molecule has 0 radical (unpaired) electrons. The second-order valence-electron chi connectivity index (χ2n) is 3.48. The molecule has 0 unspecified atom stereocenters. The molecule has 1 aromatic carbocycles. The minimum atomic E-state index is 0.472. The van der Waals surface area contributed by atoms with Crippen molar-refractivity contribution in [1.82, 2.24) is 4.90 Å². The van der Waals surface area contributed by atoms with Crippen LogP contribution in [0.25, 0.3) is 0 Å². The molecule has 2 nitrogen and oxygen atoms in total. The monoisotopic (exact) mass is 266 g/mol. The van der Waals surface area contributed by atoms with E-state index in [0.717, 1.165) is 18.8 Å². The van der Waals surface area contributed by atoms with Crippen LogP contribution in [0.1, 0.15) is 0 Å². The van der Waals surface area contributed by atoms with E-state index in [2.05, 4.69) is 10.2 Å². The fourth-order valence-electron chi connectivity index (χ4n) is 1.07. The van der Waals surface area contributed by atoms with Gasteiger partial charge in [0.1, 0.15) is 0 Å². The first kappa shape index (κ1) is 12.9. The molecule has 0 saturated heterocycles. The van der Waals surface area contributed by atoms with Crippen LogP contribution in [0.2, 0.25) is 15.1 Å². The summed E-state index contributed by atoms with van der Waals surface area (Å²) in [5.74, 6) is 0. The summed E-state index contributed by atoms with van der Waals surface area (Å²) in [6.45, 7) is 1.74. The van der Waals surface area contributed by atoms with Crippen LogP contribution in [0.3, 0.4) is 0 Å². The normalized spacial score (nSPS) is 10.8. The van der Waals surface area contributed by atoms with E-state index in [4.69, 9.17) is 34.8 Å². The molecule has 0 bridgehead atoms. The maximum absolute atomic E-state index is 6.00. The third-order valence-corrected chi connectivity index (χ3v) is 2.92. The van der Waals surface area contributed by atoms with E-state index in [-0.39, 0.29) is 0 Å². The van der Waals surface area contributed by atoms with Crippen molar-refractivity contribution < 1.29 is 0 Å². The Kier molecular flexibility index (Phi) is 5.00. The van der Waals surface area contributed by atoms with Gasteiger partial charge in [-0.25, -0.2) is 0 Å². The van der Waals surface area contributed by atoms with Crippen LogP contribution in [0.15, 0.2) is 12.1 Å². The molecule has 15 heavy (non-hydrogen) atoms. The predicted molar refractivity (Wildman–Crippen MR) is 68.5 cm³/mol. The Morgan fingerprint density at radius 3 is 2.27 bits per heavy atom. The van der Waals surface area contributed by atoms with Crippen molar-refractivity contribution in [3.8, 4) is 0 Å². The molecule has 0 aliphatic heterocycles. The first-order valence-electron chi connectivity index (χ1n) is 4.54. The van der Waals surface area contributed by atoms with Crippen LogP contribution >= 0.6 is 34.8 Å². The molecular formula is C10H13Cl3N2. The first-order valence-corrected chi connectivity index (χ1v) is 5.67. The number of hydrogen-bond donors (Lipinski definition) is 1. The molecule has 1 N–H and O–H groups in total. The summed E-state index contributed by atoms with van der Waals surface area (Å²) in [5.41, 5.74) is 0.813. The molecule has 0 spiro atoms. The average molecular weight is 268 g/mol. The Hall–Kier alpha value is -0.150. The van der Waals surface area contributed by atoms with E-state index in [9.17, 15) is 0 Å². The Morgan fingerprint density at radius 1 is 1.07 bits per heavy atom. The van der Waals surface area contributed by atoms with Gasteiger partial charge in [-0.1, -0.05) is 34.8 Å². The van der Waals surface area contributed by atoms with E-state index < -0.39 is 0 Å². The smallest absolute Gasteiger partial charge is 0.0653 e. The number of rotatable bonds is 4. The quantitative estimate of drug-likeness (QED) is 0.838. The van der Waals surface area contributed by atoms with E-state index in [0.29, 0.717) is 15.1 Å². The number of anilines is 1. The minimum Gasteiger partial charge on any atom is -0.383 e. The van der Waals surface area contributed by atoms with E-state index in [1.807, 2.05) is 14.1 Å². The standard InChI is InChI=1S/C10H13Cl3N2/c1-15(2)4-3-14-10-6-8(12)7(11)5-9(10)13/h5-6,14H,3-4H2,1-2H3. The van der Waals surface area contributed by atoms with Gasteiger partial charge >= 0.3 is 0 Å².